The normalized spacial score (nSPS) is 11.8. The average Bonchev–Trinajstić information content (AvgIpc) is 3.10. The van der Waals surface area contributed by atoms with Gasteiger partial charge in [-0.1, -0.05) is 30.3 Å². The smallest absolute Gasteiger partial charge is 0.267 e. The van der Waals surface area contributed by atoms with Gasteiger partial charge in [-0.3, -0.25) is 0 Å². The molecular formula is C19H20N2O2S. The predicted molar refractivity (Wildman–Crippen MR) is 96.3 cm³/mol. The van der Waals surface area contributed by atoms with E-state index in [0.29, 0.717) is 0 Å². The molecule has 0 radical (unpaired) electrons. The van der Waals surface area contributed by atoms with Gasteiger partial charge in [0.25, 0.3) is 10.0 Å². The van der Waals surface area contributed by atoms with Crippen molar-refractivity contribution in [2.45, 2.75) is 11.4 Å². The second-order valence-corrected chi connectivity index (χ2v) is 7.83. The highest BCUT2D eigenvalue weighted by atomic mass is 32.2. The third-order valence-corrected chi connectivity index (χ3v) is 5.39. The fourth-order valence-corrected chi connectivity index (χ4v) is 3.88. The van der Waals surface area contributed by atoms with Crippen LogP contribution in [-0.2, 0) is 16.6 Å². The van der Waals surface area contributed by atoms with Crippen LogP contribution >= 0.6 is 0 Å². The SMILES string of the molecule is CN(C)Cc1cccc(-c2cccc(S(=O)(=O)n3cccc3)c2)c1. The third kappa shape index (κ3) is 3.42. The van der Waals surface area contributed by atoms with E-state index in [1.165, 1.54) is 9.54 Å². The van der Waals surface area contributed by atoms with Gasteiger partial charge in [-0.25, -0.2) is 12.4 Å². The average molecular weight is 340 g/mol. The van der Waals surface area contributed by atoms with Crippen molar-refractivity contribution in [3.63, 3.8) is 0 Å². The van der Waals surface area contributed by atoms with Gasteiger partial charge >= 0.3 is 0 Å². The van der Waals surface area contributed by atoms with Gasteiger partial charge in [-0.15, -0.1) is 0 Å². The van der Waals surface area contributed by atoms with Crippen molar-refractivity contribution in [3.8, 4) is 11.1 Å². The molecule has 124 valence electrons. The van der Waals surface area contributed by atoms with Crippen molar-refractivity contribution in [2.75, 3.05) is 14.1 Å². The molecule has 0 saturated carbocycles. The lowest BCUT2D eigenvalue weighted by molar-refractivity contribution is 0.402. The summed E-state index contributed by atoms with van der Waals surface area (Å²) in [6.07, 6.45) is 3.08. The van der Waals surface area contributed by atoms with Crippen LogP contribution in [0.15, 0.2) is 78.0 Å². The maximum atomic E-state index is 12.6. The van der Waals surface area contributed by atoms with Crippen LogP contribution < -0.4 is 0 Å². The minimum Gasteiger partial charge on any atom is -0.305 e. The number of aromatic nitrogens is 1. The Kier molecular flexibility index (Phi) is 4.55. The second-order valence-electron chi connectivity index (χ2n) is 5.98. The fraction of sp³-hybridized carbons (Fsp3) is 0.158. The molecule has 0 aliphatic rings. The third-order valence-electron chi connectivity index (χ3n) is 3.75. The molecular weight excluding hydrogens is 320 g/mol. The topological polar surface area (TPSA) is 42.3 Å². The molecule has 3 rings (SSSR count). The first kappa shape index (κ1) is 16.5. The first-order valence-corrected chi connectivity index (χ1v) is 9.13. The van der Waals surface area contributed by atoms with Crippen molar-refractivity contribution in [1.82, 2.24) is 8.87 Å². The van der Waals surface area contributed by atoms with E-state index in [2.05, 4.69) is 17.0 Å². The number of nitrogens with zero attached hydrogens (tertiary/aromatic N) is 2. The maximum absolute atomic E-state index is 12.6. The molecule has 1 aromatic heterocycles. The molecule has 0 bridgehead atoms. The molecule has 0 N–H and O–H groups in total. The van der Waals surface area contributed by atoms with E-state index in [1.54, 1.807) is 42.7 Å². The summed E-state index contributed by atoms with van der Waals surface area (Å²) in [7, 11) is 0.503. The van der Waals surface area contributed by atoms with E-state index in [-0.39, 0.29) is 4.90 Å². The van der Waals surface area contributed by atoms with E-state index >= 15 is 0 Å². The standard InChI is InChI=1S/C19H20N2O2S/c1-20(2)15-16-7-5-8-17(13-16)18-9-6-10-19(14-18)24(22,23)21-11-3-4-12-21/h3-14H,15H2,1-2H3. The summed E-state index contributed by atoms with van der Waals surface area (Å²) in [5.74, 6) is 0. The minimum atomic E-state index is -3.55. The lowest BCUT2D eigenvalue weighted by Gasteiger charge is -2.12. The number of rotatable bonds is 5. The van der Waals surface area contributed by atoms with Crippen LogP contribution in [0.1, 0.15) is 5.56 Å². The second kappa shape index (κ2) is 6.63. The zero-order valence-electron chi connectivity index (χ0n) is 13.8. The lowest BCUT2D eigenvalue weighted by atomic mass is 10.0. The number of hydrogen-bond acceptors (Lipinski definition) is 3. The molecule has 0 atom stereocenters. The monoisotopic (exact) mass is 340 g/mol. The van der Waals surface area contributed by atoms with Gasteiger partial charge in [0.1, 0.15) is 0 Å². The molecule has 0 aliphatic carbocycles. The first-order valence-electron chi connectivity index (χ1n) is 7.69. The number of hydrogen-bond donors (Lipinski definition) is 0. The van der Waals surface area contributed by atoms with Crippen LogP contribution in [0, 0.1) is 0 Å². The van der Waals surface area contributed by atoms with Gasteiger partial charge in [0.05, 0.1) is 4.90 Å². The Morgan fingerprint density at radius 3 is 2.17 bits per heavy atom. The summed E-state index contributed by atoms with van der Waals surface area (Å²) >= 11 is 0. The summed E-state index contributed by atoms with van der Waals surface area (Å²) in [5, 5.41) is 0. The minimum absolute atomic E-state index is 0.286. The largest absolute Gasteiger partial charge is 0.305 e. The molecule has 0 saturated heterocycles. The maximum Gasteiger partial charge on any atom is 0.267 e. The molecule has 4 nitrogen and oxygen atoms in total. The highest BCUT2D eigenvalue weighted by Gasteiger charge is 2.16. The van der Waals surface area contributed by atoms with E-state index in [1.807, 2.05) is 32.3 Å². The van der Waals surface area contributed by atoms with Crippen molar-refractivity contribution in [3.05, 3.63) is 78.6 Å². The molecule has 0 fully saturated rings. The summed E-state index contributed by atoms with van der Waals surface area (Å²) in [6.45, 7) is 0.842. The highest BCUT2D eigenvalue weighted by molar-refractivity contribution is 7.90. The highest BCUT2D eigenvalue weighted by Crippen LogP contribution is 2.25. The molecule has 3 aromatic rings. The Bertz CT molecular complexity index is 930. The van der Waals surface area contributed by atoms with Crippen LogP contribution in [0.5, 0.6) is 0 Å². The Morgan fingerprint density at radius 1 is 0.875 bits per heavy atom. The summed E-state index contributed by atoms with van der Waals surface area (Å²) in [5.41, 5.74) is 3.10. The molecule has 0 aliphatic heterocycles. The molecule has 0 spiro atoms. The van der Waals surface area contributed by atoms with Crippen LogP contribution in [0.25, 0.3) is 11.1 Å². The zero-order chi connectivity index (χ0) is 17.2. The van der Waals surface area contributed by atoms with Crippen LogP contribution in [-0.4, -0.2) is 31.4 Å². The van der Waals surface area contributed by atoms with E-state index < -0.39 is 10.0 Å². The van der Waals surface area contributed by atoms with Crippen molar-refractivity contribution < 1.29 is 8.42 Å². The van der Waals surface area contributed by atoms with Gasteiger partial charge in [-0.2, -0.15) is 0 Å². The fourth-order valence-electron chi connectivity index (χ4n) is 2.65. The zero-order valence-corrected chi connectivity index (χ0v) is 14.6. The summed E-state index contributed by atoms with van der Waals surface area (Å²) in [4.78, 5) is 2.39. The van der Waals surface area contributed by atoms with Gasteiger partial charge in [0.15, 0.2) is 0 Å². The van der Waals surface area contributed by atoms with E-state index in [9.17, 15) is 8.42 Å². The molecule has 0 amide bonds. The van der Waals surface area contributed by atoms with Crippen LogP contribution in [0.3, 0.4) is 0 Å². The molecule has 1 heterocycles. The van der Waals surface area contributed by atoms with Crippen LogP contribution in [0.4, 0.5) is 0 Å². The quantitative estimate of drug-likeness (QED) is 0.714. The first-order chi connectivity index (χ1) is 11.5. The molecule has 2 aromatic carbocycles. The van der Waals surface area contributed by atoms with Gasteiger partial charge < -0.3 is 4.90 Å². The van der Waals surface area contributed by atoms with Gasteiger partial charge in [-0.05, 0) is 61.1 Å². The van der Waals surface area contributed by atoms with E-state index in [4.69, 9.17) is 0 Å². The van der Waals surface area contributed by atoms with E-state index in [0.717, 1.165) is 17.7 Å². The predicted octanol–water partition coefficient (Wildman–Crippen LogP) is 3.45. The summed E-state index contributed by atoms with van der Waals surface area (Å²) in [6, 6.07) is 18.6. The molecule has 5 heteroatoms. The Hall–Kier alpha value is -2.37. The molecule has 24 heavy (non-hydrogen) atoms. The van der Waals surface area contributed by atoms with Crippen molar-refractivity contribution in [2.24, 2.45) is 0 Å². The van der Waals surface area contributed by atoms with Crippen molar-refractivity contribution in [1.29, 1.82) is 0 Å². The lowest BCUT2D eigenvalue weighted by Crippen LogP contribution is -2.11. The van der Waals surface area contributed by atoms with Gasteiger partial charge in [0.2, 0.25) is 0 Å². The summed E-state index contributed by atoms with van der Waals surface area (Å²) < 4.78 is 26.5. The number of benzene rings is 2. The Labute approximate surface area is 143 Å². The Balaban J connectivity index is 2.00. The molecule has 0 unspecified atom stereocenters. The van der Waals surface area contributed by atoms with Crippen molar-refractivity contribution >= 4 is 10.0 Å². The van der Waals surface area contributed by atoms with Gasteiger partial charge in [0, 0.05) is 18.9 Å². The Morgan fingerprint density at radius 2 is 1.50 bits per heavy atom. The van der Waals surface area contributed by atoms with Crippen LogP contribution in [0.2, 0.25) is 0 Å².